The van der Waals surface area contributed by atoms with Gasteiger partial charge in [0.1, 0.15) is 0 Å². The first kappa shape index (κ1) is 16.9. The van der Waals surface area contributed by atoms with Crippen LogP contribution in [0.5, 0.6) is 0 Å². The van der Waals surface area contributed by atoms with Crippen molar-refractivity contribution in [3.63, 3.8) is 0 Å². The van der Waals surface area contributed by atoms with Gasteiger partial charge in [-0.25, -0.2) is 0 Å². The van der Waals surface area contributed by atoms with Crippen LogP contribution in [0.15, 0.2) is 0 Å². The average Bonchev–Trinajstić information content (AvgIpc) is 2.35. The van der Waals surface area contributed by atoms with E-state index in [1.807, 2.05) is 6.92 Å². The van der Waals surface area contributed by atoms with E-state index in [9.17, 15) is 0 Å². The third kappa shape index (κ3) is 13.9. The van der Waals surface area contributed by atoms with E-state index in [1.165, 1.54) is 64.2 Å². The van der Waals surface area contributed by atoms with Gasteiger partial charge < -0.3 is 10.5 Å². The Morgan fingerprint density at radius 3 is 1.76 bits per heavy atom. The third-order valence-electron chi connectivity index (χ3n) is 3.23. The van der Waals surface area contributed by atoms with Crippen LogP contribution in [0.25, 0.3) is 0 Å². The summed E-state index contributed by atoms with van der Waals surface area (Å²) in [5.74, 6) is 0. The van der Waals surface area contributed by atoms with Crippen LogP contribution in [0.1, 0.15) is 78.1 Å². The van der Waals surface area contributed by atoms with Crippen molar-refractivity contribution in [3.05, 3.63) is 0 Å². The molecule has 1 atom stereocenters. The Hall–Kier alpha value is -0.0800. The number of unbranched alkanes of at least 4 members (excludes halogenated alkanes) is 9. The summed E-state index contributed by atoms with van der Waals surface area (Å²) in [5.41, 5.74) is 5.48. The molecular weight excluding hydrogens is 210 g/mol. The van der Waals surface area contributed by atoms with Crippen molar-refractivity contribution in [2.75, 3.05) is 13.2 Å². The maximum atomic E-state index is 5.54. The molecular formula is C15H33NO. The van der Waals surface area contributed by atoms with Crippen molar-refractivity contribution >= 4 is 0 Å². The molecule has 0 heterocycles. The van der Waals surface area contributed by atoms with Gasteiger partial charge in [-0.1, -0.05) is 64.7 Å². The molecule has 0 aliphatic heterocycles. The molecule has 0 bridgehead atoms. The minimum absolute atomic E-state index is 0.230. The third-order valence-corrected chi connectivity index (χ3v) is 3.23. The van der Waals surface area contributed by atoms with Crippen LogP contribution in [-0.4, -0.2) is 19.3 Å². The number of hydrogen-bond donors (Lipinski definition) is 1. The van der Waals surface area contributed by atoms with E-state index < -0.39 is 0 Å². The Kier molecular flexibility index (Phi) is 13.9. The quantitative estimate of drug-likeness (QED) is 0.490. The molecule has 2 N–H and O–H groups in total. The highest BCUT2D eigenvalue weighted by molar-refractivity contribution is 4.50. The summed E-state index contributed by atoms with van der Waals surface area (Å²) in [6, 6.07) is 0. The molecule has 0 fully saturated rings. The second-order valence-corrected chi connectivity index (χ2v) is 5.10. The molecule has 1 unspecified atom stereocenters. The predicted molar refractivity (Wildman–Crippen MR) is 76.3 cm³/mol. The van der Waals surface area contributed by atoms with Crippen molar-refractivity contribution in [2.45, 2.75) is 84.2 Å². The molecule has 0 spiro atoms. The molecule has 0 amide bonds. The fourth-order valence-electron chi connectivity index (χ4n) is 1.94. The van der Waals surface area contributed by atoms with Gasteiger partial charge in [-0.2, -0.15) is 0 Å². The molecule has 2 nitrogen and oxygen atoms in total. The first-order chi connectivity index (χ1) is 8.31. The van der Waals surface area contributed by atoms with E-state index in [1.54, 1.807) is 0 Å². The number of ether oxygens (including phenoxy) is 1. The van der Waals surface area contributed by atoms with Crippen molar-refractivity contribution in [1.82, 2.24) is 0 Å². The zero-order valence-corrected chi connectivity index (χ0v) is 12.0. The van der Waals surface area contributed by atoms with Crippen molar-refractivity contribution in [2.24, 2.45) is 5.73 Å². The fraction of sp³-hybridized carbons (Fsp3) is 1.00. The summed E-state index contributed by atoms with van der Waals surface area (Å²) in [5, 5.41) is 0. The van der Waals surface area contributed by atoms with Crippen LogP contribution < -0.4 is 5.73 Å². The average molecular weight is 243 g/mol. The lowest BCUT2D eigenvalue weighted by atomic mass is 10.1. The fourth-order valence-corrected chi connectivity index (χ4v) is 1.94. The molecule has 17 heavy (non-hydrogen) atoms. The van der Waals surface area contributed by atoms with Gasteiger partial charge >= 0.3 is 0 Å². The van der Waals surface area contributed by atoms with Crippen molar-refractivity contribution < 1.29 is 4.74 Å². The lowest BCUT2D eigenvalue weighted by Gasteiger charge is -2.09. The summed E-state index contributed by atoms with van der Waals surface area (Å²) in [7, 11) is 0. The summed E-state index contributed by atoms with van der Waals surface area (Å²) in [6.07, 6.45) is 14.0. The first-order valence-corrected chi connectivity index (χ1v) is 7.63. The van der Waals surface area contributed by atoms with E-state index in [0.717, 1.165) is 6.61 Å². The van der Waals surface area contributed by atoms with Crippen LogP contribution in [-0.2, 0) is 4.74 Å². The minimum atomic E-state index is 0.230. The van der Waals surface area contributed by atoms with Gasteiger partial charge in [0.05, 0.1) is 6.10 Å². The maximum Gasteiger partial charge on any atom is 0.0669 e. The number of nitrogens with two attached hydrogens (primary N) is 1. The first-order valence-electron chi connectivity index (χ1n) is 7.63. The van der Waals surface area contributed by atoms with Gasteiger partial charge in [0.15, 0.2) is 0 Å². The molecule has 0 aliphatic rings. The lowest BCUT2D eigenvalue weighted by Crippen LogP contribution is -2.20. The zero-order chi connectivity index (χ0) is 12.8. The summed E-state index contributed by atoms with van der Waals surface area (Å²) >= 11 is 0. The standard InChI is InChI=1S/C15H33NO/c1-3-4-5-6-7-8-9-10-11-12-13-17-15(2)14-16/h15H,3-14,16H2,1-2H3. The molecule has 0 aromatic rings. The van der Waals surface area contributed by atoms with E-state index in [0.29, 0.717) is 6.54 Å². The molecule has 0 aromatic heterocycles. The largest absolute Gasteiger partial charge is 0.377 e. The van der Waals surface area contributed by atoms with Crippen molar-refractivity contribution in [1.29, 1.82) is 0 Å². The SMILES string of the molecule is CCCCCCCCCCCCOC(C)CN. The second-order valence-electron chi connectivity index (χ2n) is 5.10. The van der Waals surface area contributed by atoms with Crippen LogP contribution in [0.3, 0.4) is 0 Å². The van der Waals surface area contributed by atoms with Gasteiger partial charge in [-0.15, -0.1) is 0 Å². The molecule has 0 aliphatic carbocycles. The minimum Gasteiger partial charge on any atom is -0.377 e. The van der Waals surface area contributed by atoms with E-state index in [-0.39, 0.29) is 6.10 Å². The number of hydrogen-bond acceptors (Lipinski definition) is 2. The van der Waals surface area contributed by atoms with Gasteiger partial charge in [0.2, 0.25) is 0 Å². The van der Waals surface area contributed by atoms with Gasteiger partial charge in [-0.3, -0.25) is 0 Å². The molecule has 0 aromatic carbocycles. The van der Waals surface area contributed by atoms with Crippen LogP contribution in [0, 0.1) is 0 Å². The predicted octanol–water partition coefficient (Wildman–Crippen LogP) is 4.27. The second kappa shape index (κ2) is 14.0. The number of rotatable bonds is 13. The normalized spacial score (nSPS) is 12.9. The summed E-state index contributed by atoms with van der Waals surface area (Å²) < 4.78 is 5.54. The highest BCUT2D eigenvalue weighted by atomic mass is 16.5. The van der Waals surface area contributed by atoms with E-state index in [2.05, 4.69) is 6.92 Å². The van der Waals surface area contributed by atoms with Gasteiger partial charge in [-0.05, 0) is 13.3 Å². The Morgan fingerprint density at radius 2 is 1.29 bits per heavy atom. The van der Waals surface area contributed by atoms with E-state index >= 15 is 0 Å². The lowest BCUT2D eigenvalue weighted by molar-refractivity contribution is 0.0689. The Balaban J connectivity index is 2.94. The van der Waals surface area contributed by atoms with Crippen LogP contribution in [0.2, 0.25) is 0 Å². The Labute approximate surface area is 108 Å². The molecule has 0 saturated heterocycles. The van der Waals surface area contributed by atoms with Crippen molar-refractivity contribution in [3.8, 4) is 0 Å². The zero-order valence-electron chi connectivity index (χ0n) is 12.0. The Bertz CT molecular complexity index is 139. The van der Waals surface area contributed by atoms with E-state index in [4.69, 9.17) is 10.5 Å². The Morgan fingerprint density at radius 1 is 0.824 bits per heavy atom. The van der Waals surface area contributed by atoms with Gasteiger partial charge in [0.25, 0.3) is 0 Å². The monoisotopic (exact) mass is 243 g/mol. The van der Waals surface area contributed by atoms with Crippen LogP contribution >= 0.6 is 0 Å². The maximum absolute atomic E-state index is 5.54. The van der Waals surface area contributed by atoms with Gasteiger partial charge in [0, 0.05) is 13.2 Å². The topological polar surface area (TPSA) is 35.2 Å². The highest BCUT2D eigenvalue weighted by Crippen LogP contribution is 2.10. The van der Waals surface area contributed by atoms with Crippen LogP contribution in [0.4, 0.5) is 0 Å². The molecule has 0 radical (unpaired) electrons. The molecule has 104 valence electrons. The highest BCUT2D eigenvalue weighted by Gasteiger charge is 1.97. The molecule has 0 rings (SSSR count). The smallest absolute Gasteiger partial charge is 0.0669 e. The molecule has 2 heteroatoms. The summed E-state index contributed by atoms with van der Waals surface area (Å²) in [6.45, 7) is 5.83. The molecule has 0 saturated carbocycles. The summed E-state index contributed by atoms with van der Waals surface area (Å²) in [4.78, 5) is 0.